The highest BCUT2D eigenvalue weighted by Gasteiger charge is 2.28. The summed E-state index contributed by atoms with van der Waals surface area (Å²) in [7, 11) is -2.30. The zero-order valence-corrected chi connectivity index (χ0v) is 15.6. The largest absolute Gasteiger partial charge is 0.496 e. The molecule has 9 heteroatoms. The van der Waals surface area contributed by atoms with Gasteiger partial charge in [-0.15, -0.1) is 0 Å². The van der Waals surface area contributed by atoms with E-state index in [1.165, 1.54) is 23.8 Å². The van der Waals surface area contributed by atoms with Gasteiger partial charge in [0.2, 0.25) is 5.96 Å². The van der Waals surface area contributed by atoms with Crippen LogP contribution in [0.3, 0.4) is 0 Å². The van der Waals surface area contributed by atoms with Crippen LogP contribution in [-0.2, 0) is 10.0 Å². The number of ether oxygens (including phenoxy) is 1. The predicted octanol–water partition coefficient (Wildman–Crippen LogP) is 1.58. The maximum Gasteiger partial charge on any atom is 0.264 e. The average molecular weight is 386 g/mol. The minimum atomic E-state index is -3.84. The number of aliphatic hydroxyl groups excluding tert-OH is 1. The molecule has 0 saturated heterocycles. The number of rotatable bonds is 3. The molecule has 4 rings (SSSR count). The van der Waals surface area contributed by atoms with Crippen LogP contribution in [-0.4, -0.2) is 42.7 Å². The van der Waals surface area contributed by atoms with Crippen LogP contribution in [0, 0.1) is 6.92 Å². The number of aromatic nitrogens is 2. The maximum atomic E-state index is 12.8. The van der Waals surface area contributed by atoms with E-state index >= 15 is 0 Å². The number of aliphatic imine (C=N–C) groups is 1. The topological polar surface area (TPSA) is 106 Å². The molecule has 1 aromatic carbocycles. The van der Waals surface area contributed by atoms with E-state index in [2.05, 4.69) is 14.7 Å². The molecule has 2 aromatic heterocycles. The van der Waals surface area contributed by atoms with Gasteiger partial charge in [-0.3, -0.25) is 4.57 Å². The summed E-state index contributed by atoms with van der Waals surface area (Å²) >= 11 is 0. The Hall–Kier alpha value is -2.91. The Morgan fingerprint density at radius 3 is 2.70 bits per heavy atom. The normalized spacial score (nSPS) is 16.7. The number of nitrogens with zero attached hydrogens (tertiary/aromatic N) is 3. The number of hydrogen-bond acceptors (Lipinski definition) is 6. The maximum absolute atomic E-state index is 12.8. The molecule has 0 radical (unpaired) electrons. The highest BCUT2D eigenvalue weighted by atomic mass is 32.2. The van der Waals surface area contributed by atoms with Gasteiger partial charge in [-0.05, 0) is 31.2 Å². The minimum absolute atomic E-state index is 0.0460. The second-order valence-corrected chi connectivity index (χ2v) is 7.94. The highest BCUT2D eigenvalue weighted by Crippen LogP contribution is 2.31. The van der Waals surface area contributed by atoms with Crippen molar-refractivity contribution in [2.24, 2.45) is 4.99 Å². The number of aliphatic hydroxyl groups is 1. The van der Waals surface area contributed by atoms with Crippen molar-refractivity contribution in [3.05, 3.63) is 53.9 Å². The van der Waals surface area contributed by atoms with Gasteiger partial charge in [0.05, 0.1) is 29.6 Å². The Morgan fingerprint density at radius 2 is 2.00 bits per heavy atom. The van der Waals surface area contributed by atoms with E-state index in [9.17, 15) is 13.5 Å². The molecule has 0 saturated carbocycles. The molecular weight excluding hydrogens is 368 g/mol. The summed E-state index contributed by atoms with van der Waals surface area (Å²) in [6, 6.07) is 9.96. The van der Waals surface area contributed by atoms with Crippen molar-refractivity contribution in [2.75, 3.05) is 13.7 Å². The SMILES string of the molecule is COc1ccnc2c1cc1n2C(NS(=O)(=O)c2ccc(C)cc2)=NCC1O. The van der Waals surface area contributed by atoms with Crippen LogP contribution in [0.25, 0.3) is 11.0 Å². The predicted molar refractivity (Wildman–Crippen MR) is 100 cm³/mol. The summed E-state index contributed by atoms with van der Waals surface area (Å²) in [4.78, 5) is 8.66. The van der Waals surface area contributed by atoms with Gasteiger partial charge in [-0.1, -0.05) is 17.7 Å². The molecule has 1 aliphatic heterocycles. The van der Waals surface area contributed by atoms with Crippen molar-refractivity contribution < 1.29 is 18.3 Å². The van der Waals surface area contributed by atoms with Crippen molar-refractivity contribution >= 4 is 27.0 Å². The molecule has 0 spiro atoms. The lowest BCUT2D eigenvalue weighted by molar-refractivity contribution is 0.177. The van der Waals surface area contributed by atoms with E-state index < -0.39 is 16.1 Å². The number of benzene rings is 1. The molecule has 1 aliphatic rings. The summed E-state index contributed by atoms with van der Waals surface area (Å²) in [5.74, 6) is 0.668. The van der Waals surface area contributed by atoms with E-state index in [-0.39, 0.29) is 17.4 Å². The van der Waals surface area contributed by atoms with Crippen LogP contribution in [0.4, 0.5) is 0 Å². The van der Waals surface area contributed by atoms with Gasteiger partial charge in [-0.2, -0.15) is 0 Å². The van der Waals surface area contributed by atoms with Crippen molar-refractivity contribution in [1.29, 1.82) is 0 Å². The van der Waals surface area contributed by atoms with Gasteiger partial charge in [-0.25, -0.2) is 23.1 Å². The molecule has 3 heterocycles. The Labute approximate surface area is 156 Å². The lowest BCUT2D eigenvalue weighted by atomic mass is 10.2. The number of fused-ring (bicyclic) bond motifs is 3. The van der Waals surface area contributed by atoms with E-state index in [0.29, 0.717) is 22.5 Å². The van der Waals surface area contributed by atoms with Gasteiger partial charge in [0.15, 0.2) is 5.65 Å². The lowest BCUT2D eigenvalue weighted by Gasteiger charge is -2.21. The van der Waals surface area contributed by atoms with Gasteiger partial charge < -0.3 is 9.84 Å². The third kappa shape index (κ3) is 2.94. The van der Waals surface area contributed by atoms with E-state index in [1.54, 1.807) is 30.5 Å². The molecular formula is C18H18N4O4S. The first-order valence-corrected chi connectivity index (χ1v) is 9.76. The van der Waals surface area contributed by atoms with E-state index in [0.717, 1.165) is 5.56 Å². The van der Waals surface area contributed by atoms with Gasteiger partial charge in [0, 0.05) is 6.20 Å². The third-order valence-electron chi connectivity index (χ3n) is 4.44. The molecule has 0 amide bonds. The van der Waals surface area contributed by atoms with Crippen LogP contribution in [0.5, 0.6) is 5.75 Å². The van der Waals surface area contributed by atoms with Gasteiger partial charge in [0.1, 0.15) is 11.9 Å². The van der Waals surface area contributed by atoms with Gasteiger partial charge >= 0.3 is 0 Å². The monoisotopic (exact) mass is 386 g/mol. The van der Waals surface area contributed by atoms with E-state index in [4.69, 9.17) is 4.74 Å². The fraction of sp³-hybridized carbons (Fsp3) is 0.222. The van der Waals surface area contributed by atoms with Crippen LogP contribution in [0.15, 0.2) is 52.5 Å². The summed E-state index contributed by atoms with van der Waals surface area (Å²) in [6.45, 7) is 1.93. The van der Waals surface area contributed by atoms with Crippen LogP contribution in [0.2, 0.25) is 0 Å². The summed E-state index contributed by atoms with van der Waals surface area (Å²) < 4.78 is 34.9. The molecule has 8 nitrogen and oxygen atoms in total. The molecule has 1 atom stereocenters. The number of methoxy groups -OCH3 is 1. The number of pyridine rings is 1. The van der Waals surface area contributed by atoms with Crippen LogP contribution < -0.4 is 9.46 Å². The van der Waals surface area contributed by atoms with Crippen molar-refractivity contribution in [3.8, 4) is 5.75 Å². The zero-order chi connectivity index (χ0) is 19.2. The molecule has 0 fully saturated rings. The molecule has 27 heavy (non-hydrogen) atoms. The second kappa shape index (κ2) is 6.36. The molecule has 0 bridgehead atoms. The lowest BCUT2D eigenvalue weighted by Crippen LogP contribution is -2.39. The molecule has 0 aliphatic carbocycles. The molecule has 140 valence electrons. The summed E-state index contributed by atoms with van der Waals surface area (Å²) in [5, 5.41) is 11.0. The first-order chi connectivity index (χ1) is 12.9. The zero-order valence-electron chi connectivity index (χ0n) is 14.7. The Balaban J connectivity index is 1.81. The van der Waals surface area contributed by atoms with E-state index in [1.807, 2.05) is 6.92 Å². The highest BCUT2D eigenvalue weighted by molar-refractivity contribution is 7.90. The summed E-state index contributed by atoms with van der Waals surface area (Å²) in [6.07, 6.45) is 0.693. The minimum Gasteiger partial charge on any atom is -0.496 e. The fourth-order valence-electron chi connectivity index (χ4n) is 3.05. The fourth-order valence-corrected chi connectivity index (χ4v) is 4.06. The average Bonchev–Trinajstić information content (AvgIpc) is 3.05. The smallest absolute Gasteiger partial charge is 0.264 e. The van der Waals surface area contributed by atoms with Crippen molar-refractivity contribution in [1.82, 2.24) is 14.3 Å². The number of nitrogens with one attached hydrogen (secondary N) is 1. The first-order valence-electron chi connectivity index (χ1n) is 8.27. The number of sulfonamides is 1. The number of aryl methyl sites for hydroxylation is 1. The second-order valence-electron chi connectivity index (χ2n) is 6.25. The molecule has 1 unspecified atom stereocenters. The Kier molecular flexibility index (Phi) is 4.12. The van der Waals surface area contributed by atoms with Crippen molar-refractivity contribution in [3.63, 3.8) is 0 Å². The van der Waals surface area contributed by atoms with Gasteiger partial charge in [0.25, 0.3) is 10.0 Å². The van der Waals surface area contributed by atoms with Crippen molar-refractivity contribution in [2.45, 2.75) is 17.9 Å². The standard InChI is InChI=1S/C18H18N4O4S/c1-11-3-5-12(6-4-11)27(24,25)21-18-20-10-15(23)14-9-13-16(26-2)7-8-19-17(13)22(14)18/h3-9,15,23H,10H2,1-2H3,(H,20,21). The van der Waals surface area contributed by atoms with Crippen LogP contribution in [0.1, 0.15) is 17.4 Å². The summed E-state index contributed by atoms with van der Waals surface area (Å²) in [5.41, 5.74) is 1.91. The molecule has 2 N–H and O–H groups in total. The number of hydrogen-bond donors (Lipinski definition) is 2. The Morgan fingerprint density at radius 1 is 1.26 bits per heavy atom. The van der Waals surface area contributed by atoms with Crippen LogP contribution >= 0.6 is 0 Å². The first kappa shape index (κ1) is 17.5. The molecule has 3 aromatic rings. The third-order valence-corrected chi connectivity index (χ3v) is 5.78. The Bertz CT molecular complexity index is 1150. The quantitative estimate of drug-likeness (QED) is 0.711.